The third kappa shape index (κ3) is 4.45. The maximum atomic E-state index is 12.0. The highest BCUT2D eigenvalue weighted by atomic mass is 16.2. The van der Waals surface area contributed by atoms with Crippen LogP contribution in [-0.4, -0.2) is 24.4 Å². The van der Waals surface area contributed by atoms with Gasteiger partial charge in [-0.25, -0.2) is 0 Å². The van der Waals surface area contributed by atoms with Crippen molar-refractivity contribution in [1.82, 2.24) is 10.6 Å². The highest BCUT2D eigenvalue weighted by molar-refractivity contribution is 5.96. The van der Waals surface area contributed by atoms with Gasteiger partial charge in [0, 0.05) is 11.6 Å². The van der Waals surface area contributed by atoms with Crippen molar-refractivity contribution in [2.45, 2.75) is 19.9 Å². The monoisotopic (exact) mass is 296 g/mol. The Labute approximate surface area is 130 Å². The molecule has 2 rings (SSSR count). The van der Waals surface area contributed by atoms with E-state index in [1.165, 1.54) is 0 Å². The first-order chi connectivity index (χ1) is 10.6. The molecule has 0 spiro atoms. The number of amides is 2. The van der Waals surface area contributed by atoms with E-state index in [4.69, 9.17) is 0 Å². The van der Waals surface area contributed by atoms with E-state index >= 15 is 0 Å². The Morgan fingerprint density at radius 1 is 0.909 bits per heavy atom. The molecule has 0 aliphatic rings. The minimum atomic E-state index is -0.251. The van der Waals surface area contributed by atoms with Crippen LogP contribution in [-0.2, 0) is 4.79 Å². The summed E-state index contributed by atoms with van der Waals surface area (Å²) in [6.07, 6.45) is 0. The highest BCUT2D eigenvalue weighted by Crippen LogP contribution is 2.19. The molecule has 22 heavy (non-hydrogen) atoms. The standard InChI is InChI=1S/C18H20N2O2/c1-13(2)20-17(21)12-19-18(22)16-10-8-15(9-11-16)14-6-4-3-5-7-14/h3-11,13H,12H2,1-2H3,(H,19,22)(H,20,21). The fourth-order valence-corrected chi connectivity index (χ4v) is 2.08. The fraction of sp³-hybridized carbons (Fsp3) is 0.222. The maximum absolute atomic E-state index is 12.0. The van der Waals surface area contributed by atoms with Gasteiger partial charge >= 0.3 is 0 Å². The lowest BCUT2D eigenvalue weighted by Gasteiger charge is -2.09. The lowest BCUT2D eigenvalue weighted by molar-refractivity contribution is -0.120. The Morgan fingerprint density at radius 2 is 1.50 bits per heavy atom. The van der Waals surface area contributed by atoms with Crippen molar-refractivity contribution in [2.75, 3.05) is 6.54 Å². The number of carbonyl (C=O) groups excluding carboxylic acids is 2. The van der Waals surface area contributed by atoms with Gasteiger partial charge in [0.15, 0.2) is 0 Å². The van der Waals surface area contributed by atoms with Gasteiger partial charge in [0.2, 0.25) is 5.91 Å². The molecule has 0 saturated carbocycles. The van der Waals surface area contributed by atoms with E-state index in [1.54, 1.807) is 12.1 Å². The number of rotatable bonds is 5. The summed E-state index contributed by atoms with van der Waals surface area (Å²) >= 11 is 0. The number of carbonyl (C=O) groups is 2. The van der Waals surface area contributed by atoms with Gasteiger partial charge in [-0.3, -0.25) is 9.59 Å². The zero-order chi connectivity index (χ0) is 15.9. The summed E-state index contributed by atoms with van der Waals surface area (Å²) in [4.78, 5) is 23.5. The summed E-state index contributed by atoms with van der Waals surface area (Å²) in [5, 5.41) is 5.34. The molecule has 4 nitrogen and oxygen atoms in total. The maximum Gasteiger partial charge on any atom is 0.251 e. The van der Waals surface area contributed by atoms with E-state index < -0.39 is 0 Å². The van der Waals surface area contributed by atoms with E-state index in [0.29, 0.717) is 5.56 Å². The normalized spacial score (nSPS) is 10.3. The van der Waals surface area contributed by atoms with Crippen LogP contribution in [0.2, 0.25) is 0 Å². The first-order valence-electron chi connectivity index (χ1n) is 7.29. The first-order valence-corrected chi connectivity index (χ1v) is 7.29. The van der Waals surface area contributed by atoms with Crippen LogP contribution in [0.4, 0.5) is 0 Å². The third-order valence-electron chi connectivity index (χ3n) is 3.11. The molecule has 0 unspecified atom stereocenters. The van der Waals surface area contributed by atoms with Crippen LogP contribution in [0, 0.1) is 0 Å². The van der Waals surface area contributed by atoms with Crippen LogP contribution >= 0.6 is 0 Å². The molecule has 0 fully saturated rings. The van der Waals surface area contributed by atoms with Crippen LogP contribution < -0.4 is 10.6 Å². The second-order valence-corrected chi connectivity index (χ2v) is 5.35. The predicted molar refractivity (Wildman–Crippen MR) is 87.5 cm³/mol. The van der Waals surface area contributed by atoms with Crippen LogP contribution in [0.15, 0.2) is 54.6 Å². The Kier molecular flexibility index (Phi) is 5.31. The quantitative estimate of drug-likeness (QED) is 0.891. The van der Waals surface area contributed by atoms with Gasteiger partial charge in [-0.1, -0.05) is 42.5 Å². The van der Waals surface area contributed by atoms with Crippen molar-refractivity contribution in [3.63, 3.8) is 0 Å². The number of hydrogen-bond acceptors (Lipinski definition) is 2. The molecular weight excluding hydrogens is 276 g/mol. The number of benzene rings is 2. The second-order valence-electron chi connectivity index (χ2n) is 5.35. The summed E-state index contributed by atoms with van der Waals surface area (Å²) in [5.41, 5.74) is 2.69. The van der Waals surface area contributed by atoms with E-state index in [1.807, 2.05) is 56.3 Å². The van der Waals surface area contributed by atoms with Gasteiger partial charge in [0.05, 0.1) is 6.54 Å². The molecule has 0 saturated heterocycles. The fourth-order valence-electron chi connectivity index (χ4n) is 2.08. The largest absolute Gasteiger partial charge is 0.352 e. The number of hydrogen-bond donors (Lipinski definition) is 2. The third-order valence-corrected chi connectivity index (χ3v) is 3.11. The zero-order valence-corrected chi connectivity index (χ0v) is 12.8. The van der Waals surface area contributed by atoms with Gasteiger partial charge in [-0.2, -0.15) is 0 Å². The van der Waals surface area contributed by atoms with Gasteiger partial charge in [-0.05, 0) is 37.1 Å². The van der Waals surface area contributed by atoms with Gasteiger partial charge < -0.3 is 10.6 Å². The van der Waals surface area contributed by atoms with Crippen LogP contribution in [0.5, 0.6) is 0 Å². The molecule has 2 amide bonds. The van der Waals surface area contributed by atoms with E-state index in [2.05, 4.69) is 10.6 Å². The molecular formula is C18H20N2O2. The highest BCUT2D eigenvalue weighted by Gasteiger charge is 2.08. The molecule has 0 atom stereocenters. The van der Waals surface area contributed by atoms with Crippen molar-refractivity contribution in [3.05, 3.63) is 60.2 Å². The summed E-state index contributed by atoms with van der Waals surface area (Å²) in [6.45, 7) is 3.74. The molecule has 2 aromatic rings. The average Bonchev–Trinajstić information content (AvgIpc) is 2.53. The number of nitrogens with one attached hydrogen (secondary N) is 2. The van der Waals surface area contributed by atoms with Gasteiger partial charge in [0.1, 0.15) is 0 Å². The van der Waals surface area contributed by atoms with Crippen molar-refractivity contribution < 1.29 is 9.59 Å². The first kappa shape index (κ1) is 15.8. The van der Waals surface area contributed by atoms with Crippen molar-refractivity contribution in [1.29, 1.82) is 0 Å². The SMILES string of the molecule is CC(C)NC(=O)CNC(=O)c1ccc(-c2ccccc2)cc1. The Bertz CT molecular complexity index is 634. The summed E-state index contributed by atoms with van der Waals surface area (Å²) in [5.74, 6) is -0.442. The van der Waals surface area contributed by atoms with Crippen molar-refractivity contribution >= 4 is 11.8 Å². The molecule has 2 aromatic carbocycles. The predicted octanol–water partition coefficient (Wildman–Crippen LogP) is 2.61. The van der Waals surface area contributed by atoms with Crippen molar-refractivity contribution in [2.24, 2.45) is 0 Å². The molecule has 0 heterocycles. The minimum absolute atomic E-state index is 0.0164. The van der Waals surface area contributed by atoms with E-state index in [-0.39, 0.29) is 24.4 Å². The Balaban J connectivity index is 1.95. The second kappa shape index (κ2) is 7.41. The minimum Gasteiger partial charge on any atom is -0.352 e. The van der Waals surface area contributed by atoms with Crippen LogP contribution in [0.1, 0.15) is 24.2 Å². The van der Waals surface area contributed by atoms with Crippen LogP contribution in [0.3, 0.4) is 0 Å². The molecule has 0 aliphatic carbocycles. The molecule has 0 radical (unpaired) electrons. The molecule has 2 N–H and O–H groups in total. The van der Waals surface area contributed by atoms with Gasteiger partial charge in [0.25, 0.3) is 5.91 Å². The van der Waals surface area contributed by atoms with Crippen molar-refractivity contribution in [3.8, 4) is 11.1 Å². The average molecular weight is 296 g/mol. The smallest absolute Gasteiger partial charge is 0.251 e. The zero-order valence-electron chi connectivity index (χ0n) is 12.8. The molecule has 0 bridgehead atoms. The molecule has 114 valence electrons. The topological polar surface area (TPSA) is 58.2 Å². The summed E-state index contributed by atoms with van der Waals surface area (Å²) < 4.78 is 0. The summed E-state index contributed by atoms with van der Waals surface area (Å²) in [6, 6.07) is 17.3. The lowest BCUT2D eigenvalue weighted by Crippen LogP contribution is -2.39. The Morgan fingerprint density at radius 3 is 2.09 bits per heavy atom. The van der Waals surface area contributed by atoms with Gasteiger partial charge in [-0.15, -0.1) is 0 Å². The lowest BCUT2D eigenvalue weighted by atomic mass is 10.0. The van der Waals surface area contributed by atoms with E-state index in [9.17, 15) is 9.59 Å². The van der Waals surface area contributed by atoms with E-state index in [0.717, 1.165) is 11.1 Å². The molecule has 4 heteroatoms. The Hall–Kier alpha value is -2.62. The molecule has 0 aromatic heterocycles. The summed E-state index contributed by atoms with van der Waals surface area (Å²) in [7, 11) is 0. The molecule has 0 aliphatic heterocycles. The van der Waals surface area contributed by atoms with Crippen LogP contribution in [0.25, 0.3) is 11.1 Å².